The second-order valence-electron chi connectivity index (χ2n) is 3.54. The van der Waals surface area contributed by atoms with Crippen molar-refractivity contribution in [3.8, 4) is 0 Å². The number of hydrogen-bond acceptors (Lipinski definition) is 1. The molecule has 0 N–H and O–H groups in total. The first kappa shape index (κ1) is 10.5. The van der Waals surface area contributed by atoms with E-state index in [2.05, 4.69) is 34.1 Å². The quantitative estimate of drug-likeness (QED) is 0.299. The maximum atomic E-state index is 8.58. The van der Waals surface area contributed by atoms with Gasteiger partial charge in [0.1, 0.15) is 0 Å². The summed E-state index contributed by atoms with van der Waals surface area (Å²) in [7, 11) is 0. The molecule has 0 spiro atoms. The van der Waals surface area contributed by atoms with Crippen LogP contribution in [-0.4, -0.2) is 0 Å². The summed E-state index contributed by atoms with van der Waals surface area (Å²) in [6, 6.07) is 10.1. The Hall–Kier alpha value is -0.0549. The fourth-order valence-electron chi connectivity index (χ4n) is 1.84. The summed E-state index contributed by atoms with van der Waals surface area (Å²) < 4.78 is 0.667. The molecule has 1 aliphatic carbocycles. The van der Waals surface area contributed by atoms with Gasteiger partial charge in [-0.25, -0.2) is 0 Å². The van der Waals surface area contributed by atoms with Gasteiger partial charge in [0.05, 0.1) is 0 Å². The van der Waals surface area contributed by atoms with Crippen molar-refractivity contribution in [1.29, 1.82) is 0 Å². The Morgan fingerprint density at radius 3 is 2.71 bits per heavy atom. The van der Waals surface area contributed by atoms with Gasteiger partial charge in [-0.05, 0) is 0 Å². The van der Waals surface area contributed by atoms with Crippen LogP contribution in [-0.2, 0) is 27.7 Å². The summed E-state index contributed by atoms with van der Waals surface area (Å²) in [5.74, 6) is 0. The van der Waals surface area contributed by atoms with Crippen molar-refractivity contribution in [3.05, 3.63) is 46.3 Å². The summed E-state index contributed by atoms with van der Waals surface area (Å²) in [6.45, 7) is 0. The van der Waals surface area contributed by atoms with E-state index in [1.165, 1.54) is 5.56 Å². The number of halogens is 1. The summed E-state index contributed by atoms with van der Waals surface area (Å²) in [6.07, 6.45) is 1.05. The molecule has 0 unspecified atom stereocenters. The molecule has 1 fully saturated rings. The Morgan fingerprint density at radius 2 is 2.21 bits per heavy atom. The van der Waals surface area contributed by atoms with Crippen LogP contribution in [0.5, 0.6) is 0 Å². The number of hydrogen-bond donors (Lipinski definition) is 0. The molecule has 0 aromatic heterocycles. The average Bonchev–Trinajstić information content (AvgIpc) is 2.95. The molecule has 14 heavy (non-hydrogen) atoms. The molecule has 2 atom stereocenters. The number of benzene rings is 1. The molecule has 1 saturated carbocycles. The predicted octanol–water partition coefficient (Wildman–Crippen LogP) is 3.78. The summed E-state index contributed by atoms with van der Waals surface area (Å²) >= 11 is 2.71. The van der Waals surface area contributed by atoms with Gasteiger partial charge in [-0.15, -0.1) is 0 Å². The molecule has 0 heterocycles. The van der Waals surface area contributed by atoms with E-state index in [1.54, 1.807) is 0 Å². The standard InChI is InChI=1S/C9H8N3.BrH.Hg/c10-12-11-9(6-7-9)8-4-2-1-3-5-8;;/h1-6H,7H2;1H;/q;;+1/p-1/t9-;;/m0../s1. The van der Waals surface area contributed by atoms with Crippen molar-refractivity contribution in [2.24, 2.45) is 5.11 Å². The van der Waals surface area contributed by atoms with Crippen LogP contribution in [0.25, 0.3) is 10.4 Å². The molecule has 0 amide bonds. The first-order valence-electron chi connectivity index (χ1n) is 4.51. The van der Waals surface area contributed by atoms with Crippen molar-refractivity contribution in [2.45, 2.75) is 15.4 Å². The molecule has 0 aliphatic heterocycles. The van der Waals surface area contributed by atoms with Crippen LogP contribution in [0.3, 0.4) is 0 Å². The van der Waals surface area contributed by atoms with E-state index in [9.17, 15) is 0 Å². The van der Waals surface area contributed by atoms with Crippen LogP contribution in [0.2, 0.25) is 3.43 Å². The summed E-state index contributed by atoms with van der Waals surface area (Å²) in [5.41, 5.74) is 9.59. The molecule has 3 nitrogen and oxygen atoms in total. The predicted molar refractivity (Wildman–Crippen MR) is 54.6 cm³/mol. The van der Waals surface area contributed by atoms with E-state index in [0.29, 0.717) is 3.43 Å². The molecular formula is C9H8BrHgN3. The van der Waals surface area contributed by atoms with E-state index < -0.39 is 22.1 Å². The van der Waals surface area contributed by atoms with Gasteiger partial charge in [-0.2, -0.15) is 0 Å². The van der Waals surface area contributed by atoms with Gasteiger partial charge in [0.25, 0.3) is 0 Å². The van der Waals surface area contributed by atoms with Gasteiger partial charge < -0.3 is 0 Å². The molecule has 1 aliphatic rings. The molecule has 0 bridgehead atoms. The summed E-state index contributed by atoms with van der Waals surface area (Å²) in [4.78, 5) is 2.98. The van der Waals surface area contributed by atoms with Gasteiger partial charge >= 0.3 is 101 Å². The van der Waals surface area contributed by atoms with Crippen molar-refractivity contribution in [2.75, 3.05) is 0 Å². The Morgan fingerprint density at radius 1 is 1.50 bits per heavy atom. The molecule has 2 rings (SSSR count). The van der Waals surface area contributed by atoms with Crippen LogP contribution in [0.15, 0.2) is 35.4 Å². The van der Waals surface area contributed by atoms with E-state index in [4.69, 9.17) is 5.53 Å². The van der Waals surface area contributed by atoms with E-state index in [0.717, 1.165) is 6.42 Å². The second kappa shape index (κ2) is 4.21. The van der Waals surface area contributed by atoms with Gasteiger partial charge in [-0.3, -0.25) is 0 Å². The Bertz CT molecular complexity index is 377. The third-order valence-corrected chi connectivity index (χ3v) is 14.8. The molecule has 68 valence electrons. The Labute approximate surface area is 100 Å². The van der Waals surface area contributed by atoms with Gasteiger partial charge in [0.15, 0.2) is 0 Å². The Balaban J connectivity index is 2.35. The maximum absolute atomic E-state index is 8.58. The van der Waals surface area contributed by atoms with Crippen LogP contribution in [0, 0.1) is 0 Å². The number of azide groups is 1. The average molecular weight is 439 g/mol. The van der Waals surface area contributed by atoms with Gasteiger partial charge in [0.2, 0.25) is 0 Å². The Kier molecular flexibility index (Phi) is 3.15. The molecular weight excluding hydrogens is 431 g/mol. The third-order valence-electron chi connectivity index (χ3n) is 2.76. The van der Waals surface area contributed by atoms with E-state index in [-0.39, 0.29) is 5.54 Å². The van der Waals surface area contributed by atoms with Crippen molar-refractivity contribution in [1.82, 2.24) is 0 Å². The number of nitrogens with zero attached hydrogens (tertiary/aromatic N) is 3. The van der Waals surface area contributed by atoms with Crippen molar-refractivity contribution < 1.29 is 22.1 Å². The minimum absolute atomic E-state index is 0.179. The zero-order valence-corrected chi connectivity index (χ0v) is 14.7. The molecule has 0 saturated heterocycles. The van der Waals surface area contributed by atoms with Crippen LogP contribution in [0.4, 0.5) is 0 Å². The minimum atomic E-state index is -0.951. The molecule has 1 aromatic carbocycles. The fourth-order valence-corrected chi connectivity index (χ4v) is 12.9. The van der Waals surface area contributed by atoms with Crippen LogP contribution >= 0.6 is 11.9 Å². The van der Waals surface area contributed by atoms with Crippen LogP contribution < -0.4 is 0 Å². The fraction of sp³-hybridized carbons (Fsp3) is 0.333. The normalized spacial score (nSPS) is 28.8. The first-order valence-corrected chi connectivity index (χ1v) is 19.6. The van der Waals surface area contributed by atoms with Gasteiger partial charge in [0, 0.05) is 0 Å². The van der Waals surface area contributed by atoms with Crippen molar-refractivity contribution >= 4 is 11.9 Å². The van der Waals surface area contributed by atoms with Crippen LogP contribution in [0.1, 0.15) is 12.0 Å². The second-order valence-corrected chi connectivity index (χ2v) is 14.2. The number of rotatable bonds is 3. The monoisotopic (exact) mass is 439 g/mol. The SMILES string of the molecule is [N-]=[N+]=N[C@]1(c2ccccc2)C[C@@H]1[Hg][Br]. The topological polar surface area (TPSA) is 48.8 Å². The molecule has 0 radical (unpaired) electrons. The van der Waals surface area contributed by atoms with E-state index in [1.807, 2.05) is 18.2 Å². The summed E-state index contributed by atoms with van der Waals surface area (Å²) in [5, 5.41) is 4.00. The van der Waals surface area contributed by atoms with Crippen molar-refractivity contribution in [3.63, 3.8) is 0 Å². The molecule has 1 aromatic rings. The molecule has 5 heteroatoms. The zero-order valence-electron chi connectivity index (χ0n) is 7.60. The van der Waals surface area contributed by atoms with Gasteiger partial charge in [-0.1, -0.05) is 0 Å². The first-order chi connectivity index (χ1) is 6.83. The zero-order chi connectivity index (χ0) is 10.0. The third kappa shape index (κ3) is 1.71. The van der Waals surface area contributed by atoms with E-state index >= 15 is 0 Å².